The van der Waals surface area contributed by atoms with Crippen LogP contribution < -0.4 is 5.43 Å². The number of fused-ring (bicyclic) bond motifs is 1. The van der Waals surface area contributed by atoms with Gasteiger partial charge in [-0.15, -0.1) is 0 Å². The molecule has 2 aromatic carbocycles. The van der Waals surface area contributed by atoms with Gasteiger partial charge in [-0.1, -0.05) is 18.2 Å². The summed E-state index contributed by atoms with van der Waals surface area (Å²) in [6.45, 7) is 1.78. The molecule has 0 aliphatic carbocycles. The topological polar surface area (TPSA) is 96.7 Å². The largest absolute Gasteiger partial charge is 0.477 e. The SMILES string of the molecule is Cc1cccc(F)c1Cc1ccc2c(c1)c(=O)c(C(=O)O)cn2CS(=O)(=O)N(C)C. The van der Waals surface area contributed by atoms with Crippen molar-refractivity contribution in [3.05, 3.63) is 80.9 Å². The highest BCUT2D eigenvalue weighted by Gasteiger charge is 2.20. The lowest BCUT2D eigenvalue weighted by molar-refractivity contribution is 0.0695. The van der Waals surface area contributed by atoms with E-state index in [1.54, 1.807) is 31.2 Å². The minimum Gasteiger partial charge on any atom is -0.477 e. The molecule has 0 saturated heterocycles. The molecule has 0 bridgehead atoms. The van der Waals surface area contributed by atoms with Crippen molar-refractivity contribution in [2.75, 3.05) is 14.1 Å². The number of benzene rings is 2. The molecular weight excluding hydrogens is 411 g/mol. The average Bonchev–Trinajstić information content (AvgIpc) is 2.66. The molecule has 0 unspecified atom stereocenters. The van der Waals surface area contributed by atoms with Crippen molar-refractivity contribution >= 4 is 26.9 Å². The van der Waals surface area contributed by atoms with Gasteiger partial charge in [-0.05, 0) is 41.8 Å². The molecular formula is C21H21FN2O5S. The predicted molar refractivity (Wildman–Crippen MR) is 112 cm³/mol. The molecule has 0 spiro atoms. The first-order chi connectivity index (χ1) is 14.0. The molecule has 0 radical (unpaired) electrons. The third-order valence-electron chi connectivity index (χ3n) is 4.97. The molecule has 1 aromatic heterocycles. The quantitative estimate of drug-likeness (QED) is 0.646. The van der Waals surface area contributed by atoms with Gasteiger partial charge in [0.2, 0.25) is 15.5 Å². The summed E-state index contributed by atoms with van der Waals surface area (Å²) in [6.07, 6.45) is 1.25. The van der Waals surface area contributed by atoms with Gasteiger partial charge in [-0.2, -0.15) is 0 Å². The number of aromatic nitrogens is 1. The molecule has 0 aliphatic rings. The number of nitrogens with zero attached hydrogens (tertiary/aromatic N) is 2. The summed E-state index contributed by atoms with van der Waals surface area (Å²) in [4.78, 5) is 24.3. The molecule has 0 amide bonds. The molecule has 9 heteroatoms. The van der Waals surface area contributed by atoms with Crippen molar-refractivity contribution in [2.45, 2.75) is 19.2 Å². The number of aromatic carboxylic acids is 1. The Hall–Kier alpha value is -3.04. The number of aryl methyl sites for hydroxylation is 1. The summed E-state index contributed by atoms with van der Waals surface area (Å²) < 4.78 is 41.1. The average molecular weight is 432 g/mol. The standard InChI is InChI=1S/C21H21FN2O5S/c1-13-5-4-6-18(22)15(13)9-14-7-8-19-16(10-14)20(25)17(21(26)27)11-24(19)12-30(28,29)23(2)3/h4-8,10-11H,9,12H2,1-3H3,(H,26,27). The van der Waals surface area contributed by atoms with Crippen molar-refractivity contribution < 1.29 is 22.7 Å². The Bertz CT molecular complexity index is 1290. The van der Waals surface area contributed by atoms with Crippen LogP contribution in [0.1, 0.15) is 27.0 Å². The van der Waals surface area contributed by atoms with Crippen molar-refractivity contribution in [3.8, 4) is 0 Å². The van der Waals surface area contributed by atoms with Crippen molar-refractivity contribution in [1.29, 1.82) is 0 Å². The summed E-state index contributed by atoms with van der Waals surface area (Å²) in [6, 6.07) is 9.46. The van der Waals surface area contributed by atoms with E-state index in [2.05, 4.69) is 0 Å². The fourth-order valence-electron chi connectivity index (χ4n) is 3.20. The van der Waals surface area contributed by atoms with Crippen LogP contribution in [0.4, 0.5) is 4.39 Å². The normalized spacial score (nSPS) is 11.9. The molecule has 1 heterocycles. The van der Waals surface area contributed by atoms with E-state index in [-0.39, 0.29) is 23.1 Å². The summed E-state index contributed by atoms with van der Waals surface area (Å²) >= 11 is 0. The number of pyridine rings is 1. The Morgan fingerprint density at radius 2 is 1.90 bits per heavy atom. The van der Waals surface area contributed by atoms with Gasteiger partial charge in [0.1, 0.15) is 17.3 Å². The molecule has 0 saturated carbocycles. The van der Waals surface area contributed by atoms with Gasteiger partial charge in [0.05, 0.1) is 5.52 Å². The van der Waals surface area contributed by atoms with E-state index in [1.165, 1.54) is 30.8 Å². The Kier molecular flexibility index (Phi) is 5.78. The smallest absolute Gasteiger partial charge is 0.341 e. The minimum absolute atomic E-state index is 0.0651. The Balaban J connectivity index is 2.20. The van der Waals surface area contributed by atoms with Gasteiger partial charge in [0, 0.05) is 32.1 Å². The molecule has 1 N–H and O–H groups in total. The number of hydrogen-bond acceptors (Lipinski definition) is 4. The predicted octanol–water partition coefficient (Wildman–Crippen LogP) is 2.59. The monoisotopic (exact) mass is 432 g/mol. The number of rotatable bonds is 6. The van der Waals surface area contributed by atoms with Crippen LogP contribution in [0, 0.1) is 12.7 Å². The van der Waals surface area contributed by atoms with Crippen LogP contribution in [0.3, 0.4) is 0 Å². The zero-order valence-electron chi connectivity index (χ0n) is 16.7. The lowest BCUT2D eigenvalue weighted by atomic mass is 9.98. The van der Waals surface area contributed by atoms with Crippen LogP contribution in [0.25, 0.3) is 10.9 Å². The second kappa shape index (κ2) is 8.00. The maximum Gasteiger partial charge on any atom is 0.341 e. The number of carbonyl (C=O) groups is 1. The Morgan fingerprint density at radius 1 is 1.20 bits per heavy atom. The Morgan fingerprint density at radius 3 is 2.50 bits per heavy atom. The van der Waals surface area contributed by atoms with E-state index < -0.39 is 32.9 Å². The maximum atomic E-state index is 14.2. The van der Waals surface area contributed by atoms with Crippen molar-refractivity contribution in [1.82, 2.24) is 8.87 Å². The molecule has 0 fully saturated rings. The number of hydrogen-bond donors (Lipinski definition) is 1. The van der Waals surface area contributed by atoms with Crippen LogP contribution in [0.2, 0.25) is 0 Å². The van der Waals surface area contributed by atoms with E-state index in [1.807, 2.05) is 0 Å². The highest BCUT2D eigenvalue weighted by Crippen LogP contribution is 2.21. The summed E-state index contributed by atoms with van der Waals surface area (Å²) in [5, 5.41) is 9.48. The summed E-state index contributed by atoms with van der Waals surface area (Å²) in [7, 11) is -0.980. The van der Waals surface area contributed by atoms with E-state index in [0.717, 1.165) is 16.1 Å². The molecule has 7 nitrogen and oxygen atoms in total. The van der Waals surface area contributed by atoms with Gasteiger partial charge in [0.25, 0.3) is 0 Å². The summed E-state index contributed by atoms with van der Waals surface area (Å²) in [5.41, 5.74) is 0.867. The van der Waals surface area contributed by atoms with Crippen LogP contribution in [0.5, 0.6) is 0 Å². The molecule has 0 aliphatic heterocycles. The molecule has 30 heavy (non-hydrogen) atoms. The lowest BCUT2D eigenvalue weighted by Crippen LogP contribution is -2.28. The van der Waals surface area contributed by atoms with E-state index >= 15 is 0 Å². The van der Waals surface area contributed by atoms with E-state index in [4.69, 9.17) is 0 Å². The molecule has 0 atom stereocenters. The van der Waals surface area contributed by atoms with Gasteiger partial charge < -0.3 is 9.67 Å². The van der Waals surface area contributed by atoms with E-state index in [0.29, 0.717) is 11.1 Å². The minimum atomic E-state index is -3.72. The number of carboxylic acids is 1. The number of carboxylic acid groups (broad SMARTS) is 1. The highest BCUT2D eigenvalue weighted by atomic mass is 32.2. The first-order valence-electron chi connectivity index (χ1n) is 9.05. The molecule has 3 rings (SSSR count). The van der Waals surface area contributed by atoms with Gasteiger partial charge in [-0.3, -0.25) is 4.79 Å². The summed E-state index contributed by atoms with van der Waals surface area (Å²) in [5.74, 6) is -2.35. The lowest BCUT2D eigenvalue weighted by Gasteiger charge is -2.17. The molecule has 3 aromatic rings. The zero-order valence-corrected chi connectivity index (χ0v) is 17.5. The van der Waals surface area contributed by atoms with Gasteiger partial charge in [0.15, 0.2) is 0 Å². The zero-order chi connectivity index (χ0) is 22.2. The highest BCUT2D eigenvalue weighted by molar-refractivity contribution is 7.88. The Labute approximate surface area is 173 Å². The van der Waals surface area contributed by atoms with Crippen LogP contribution in [-0.4, -0.2) is 42.5 Å². The van der Waals surface area contributed by atoms with Crippen molar-refractivity contribution in [2.24, 2.45) is 0 Å². The van der Waals surface area contributed by atoms with Gasteiger partial charge in [-0.25, -0.2) is 21.9 Å². The van der Waals surface area contributed by atoms with Crippen molar-refractivity contribution in [3.63, 3.8) is 0 Å². The number of sulfonamides is 1. The van der Waals surface area contributed by atoms with E-state index in [9.17, 15) is 27.5 Å². The number of halogens is 1. The third-order valence-corrected chi connectivity index (χ3v) is 6.68. The fraction of sp³-hybridized carbons (Fsp3) is 0.238. The van der Waals surface area contributed by atoms with Gasteiger partial charge >= 0.3 is 5.97 Å². The van der Waals surface area contributed by atoms with Crippen LogP contribution >= 0.6 is 0 Å². The first-order valence-corrected chi connectivity index (χ1v) is 10.7. The third kappa shape index (κ3) is 4.12. The van der Waals surface area contributed by atoms with Crippen LogP contribution in [0.15, 0.2) is 47.4 Å². The first kappa shape index (κ1) is 21.7. The fourth-order valence-corrected chi connectivity index (χ4v) is 4.00. The second-order valence-corrected chi connectivity index (χ2v) is 9.39. The molecule has 158 valence electrons. The van der Waals surface area contributed by atoms with Crippen LogP contribution in [-0.2, 0) is 22.3 Å². The second-order valence-electron chi connectivity index (χ2n) is 7.23. The maximum absolute atomic E-state index is 14.2.